The van der Waals surface area contributed by atoms with Crippen molar-refractivity contribution in [3.8, 4) is 0 Å². The van der Waals surface area contributed by atoms with Crippen LogP contribution in [0.25, 0.3) is 0 Å². The van der Waals surface area contributed by atoms with E-state index in [0.717, 1.165) is 44.8 Å². The molecule has 0 aromatic heterocycles. The molecule has 0 unspecified atom stereocenters. The van der Waals surface area contributed by atoms with Crippen molar-refractivity contribution in [2.75, 3.05) is 0 Å². The molecule has 0 radical (unpaired) electrons. The summed E-state index contributed by atoms with van der Waals surface area (Å²) in [6.45, 7) is 4.50. The quantitative estimate of drug-likeness (QED) is 0.106. The highest BCUT2D eigenvalue weighted by Gasteiger charge is 2.14. The van der Waals surface area contributed by atoms with Crippen LogP contribution in [0.1, 0.15) is 142 Å². The van der Waals surface area contributed by atoms with E-state index in [2.05, 4.69) is 13.8 Å². The Kier molecular flexibility index (Phi) is 21.7. The molecule has 0 fully saturated rings. The molecule has 166 valence electrons. The number of hydrogen-bond donors (Lipinski definition) is 0. The molecular formula is C25H48O3. The monoisotopic (exact) mass is 396 g/mol. The van der Waals surface area contributed by atoms with E-state index < -0.39 is 0 Å². The first-order chi connectivity index (χ1) is 13.7. The summed E-state index contributed by atoms with van der Waals surface area (Å²) in [5.74, 6) is -0.0163. The molecule has 0 heterocycles. The lowest BCUT2D eigenvalue weighted by molar-refractivity contribution is -0.150. The Labute approximate surface area is 175 Å². The lowest BCUT2D eigenvalue weighted by atomic mass is 10.0. The predicted molar refractivity (Wildman–Crippen MR) is 120 cm³/mol. The molecule has 0 aliphatic rings. The smallest absolute Gasteiger partial charge is 0.306 e. The molecule has 0 aromatic rings. The van der Waals surface area contributed by atoms with Gasteiger partial charge in [-0.1, -0.05) is 90.9 Å². The molecule has 3 nitrogen and oxygen atoms in total. The summed E-state index contributed by atoms with van der Waals surface area (Å²) in [4.78, 5) is 22.5. The van der Waals surface area contributed by atoms with Crippen molar-refractivity contribution in [3.63, 3.8) is 0 Å². The number of aldehydes is 1. The summed E-state index contributed by atoms with van der Waals surface area (Å²) < 4.78 is 5.84. The minimum Gasteiger partial charge on any atom is -0.462 e. The zero-order valence-electron chi connectivity index (χ0n) is 19.0. The number of carbonyl (C=O) groups excluding carboxylic acids is 2. The molecule has 0 saturated heterocycles. The predicted octanol–water partition coefficient (Wildman–Crippen LogP) is 7.94. The van der Waals surface area contributed by atoms with Crippen LogP contribution in [0.4, 0.5) is 0 Å². The van der Waals surface area contributed by atoms with Crippen molar-refractivity contribution < 1.29 is 14.3 Å². The SMILES string of the molecule is CCCCCCCCC(CCCCCCCC)OC(=O)CCCCCCC=O. The number of esters is 1. The Balaban J connectivity index is 4.00. The Morgan fingerprint density at radius 1 is 0.679 bits per heavy atom. The molecular weight excluding hydrogens is 348 g/mol. The minimum atomic E-state index is -0.0163. The maximum absolute atomic E-state index is 12.2. The standard InChI is InChI=1S/C25H48O3/c1-3-5-7-9-12-16-20-24(21-17-13-10-8-6-4-2)28-25(27)22-18-14-11-15-19-23-26/h23-24H,3-22H2,1-2H3. The Bertz CT molecular complexity index is 325. The summed E-state index contributed by atoms with van der Waals surface area (Å²) in [7, 11) is 0. The largest absolute Gasteiger partial charge is 0.462 e. The first-order valence-electron chi connectivity index (χ1n) is 12.4. The van der Waals surface area contributed by atoms with E-state index in [1.165, 1.54) is 77.0 Å². The van der Waals surface area contributed by atoms with Gasteiger partial charge in [-0.15, -0.1) is 0 Å². The molecule has 3 heteroatoms. The van der Waals surface area contributed by atoms with Crippen LogP contribution in [0.15, 0.2) is 0 Å². The Morgan fingerprint density at radius 3 is 1.68 bits per heavy atom. The van der Waals surface area contributed by atoms with E-state index in [1.54, 1.807) is 0 Å². The summed E-state index contributed by atoms with van der Waals surface area (Å²) in [6.07, 6.45) is 23.7. The van der Waals surface area contributed by atoms with Crippen molar-refractivity contribution >= 4 is 12.3 Å². The molecule has 0 amide bonds. The number of hydrogen-bond acceptors (Lipinski definition) is 3. The number of carbonyl (C=O) groups is 2. The highest BCUT2D eigenvalue weighted by Crippen LogP contribution is 2.18. The third kappa shape index (κ3) is 19.9. The van der Waals surface area contributed by atoms with Crippen LogP contribution in [0.3, 0.4) is 0 Å². The minimum absolute atomic E-state index is 0.0163. The Morgan fingerprint density at radius 2 is 1.14 bits per heavy atom. The molecule has 0 N–H and O–H groups in total. The van der Waals surface area contributed by atoms with E-state index in [1.807, 2.05) is 0 Å². The average Bonchev–Trinajstić information content (AvgIpc) is 2.69. The van der Waals surface area contributed by atoms with E-state index >= 15 is 0 Å². The zero-order chi connectivity index (χ0) is 20.7. The van der Waals surface area contributed by atoms with Gasteiger partial charge >= 0.3 is 5.97 Å². The van der Waals surface area contributed by atoms with Crippen LogP contribution in [-0.2, 0) is 14.3 Å². The molecule has 0 rings (SSSR count). The maximum atomic E-state index is 12.2. The van der Waals surface area contributed by atoms with Gasteiger partial charge in [-0.2, -0.15) is 0 Å². The van der Waals surface area contributed by atoms with Crippen LogP contribution >= 0.6 is 0 Å². The fraction of sp³-hybridized carbons (Fsp3) is 0.920. The van der Waals surface area contributed by atoms with Gasteiger partial charge in [0.15, 0.2) is 0 Å². The molecule has 0 aliphatic heterocycles. The van der Waals surface area contributed by atoms with Gasteiger partial charge in [0.05, 0.1) is 0 Å². The van der Waals surface area contributed by atoms with Crippen LogP contribution in [0.5, 0.6) is 0 Å². The molecule has 0 aromatic carbocycles. The van der Waals surface area contributed by atoms with Gasteiger partial charge in [0.2, 0.25) is 0 Å². The van der Waals surface area contributed by atoms with E-state index in [0.29, 0.717) is 12.8 Å². The fourth-order valence-electron chi connectivity index (χ4n) is 3.66. The van der Waals surface area contributed by atoms with Gasteiger partial charge in [-0.25, -0.2) is 0 Å². The molecule has 28 heavy (non-hydrogen) atoms. The second kappa shape index (κ2) is 22.4. The molecule has 0 spiro atoms. The van der Waals surface area contributed by atoms with Crippen LogP contribution in [-0.4, -0.2) is 18.4 Å². The summed E-state index contributed by atoms with van der Waals surface area (Å²) >= 11 is 0. The highest BCUT2D eigenvalue weighted by molar-refractivity contribution is 5.69. The third-order valence-electron chi connectivity index (χ3n) is 5.51. The third-order valence-corrected chi connectivity index (χ3v) is 5.51. The van der Waals surface area contributed by atoms with Crippen LogP contribution in [0.2, 0.25) is 0 Å². The van der Waals surface area contributed by atoms with Crippen LogP contribution in [0, 0.1) is 0 Å². The van der Waals surface area contributed by atoms with Gasteiger partial charge in [0.25, 0.3) is 0 Å². The second-order valence-electron chi connectivity index (χ2n) is 8.34. The maximum Gasteiger partial charge on any atom is 0.306 e. The normalized spacial score (nSPS) is 11.1. The summed E-state index contributed by atoms with van der Waals surface area (Å²) in [5, 5.41) is 0. The molecule has 0 bridgehead atoms. The lowest BCUT2D eigenvalue weighted by Crippen LogP contribution is -2.18. The first kappa shape index (κ1) is 27.1. The Hall–Kier alpha value is -0.860. The highest BCUT2D eigenvalue weighted by atomic mass is 16.5. The van der Waals surface area contributed by atoms with Gasteiger partial charge in [-0.05, 0) is 38.5 Å². The second-order valence-corrected chi connectivity index (χ2v) is 8.34. The lowest BCUT2D eigenvalue weighted by Gasteiger charge is -2.18. The number of unbranched alkanes of at least 4 members (excludes halogenated alkanes) is 14. The van der Waals surface area contributed by atoms with E-state index in [4.69, 9.17) is 4.74 Å². The number of ether oxygens (including phenoxy) is 1. The molecule has 0 saturated carbocycles. The number of rotatable bonds is 22. The van der Waals surface area contributed by atoms with Crippen LogP contribution < -0.4 is 0 Å². The van der Waals surface area contributed by atoms with Crippen molar-refractivity contribution in [1.82, 2.24) is 0 Å². The first-order valence-corrected chi connectivity index (χ1v) is 12.4. The van der Waals surface area contributed by atoms with E-state index in [-0.39, 0.29) is 12.1 Å². The molecule has 0 atom stereocenters. The van der Waals surface area contributed by atoms with Gasteiger partial charge in [0, 0.05) is 12.8 Å². The zero-order valence-corrected chi connectivity index (χ0v) is 19.0. The summed E-state index contributed by atoms with van der Waals surface area (Å²) in [5.41, 5.74) is 0. The fourth-order valence-corrected chi connectivity index (χ4v) is 3.66. The van der Waals surface area contributed by atoms with Crippen molar-refractivity contribution in [2.24, 2.45) is 0 Å². The average molecular weight is 397 g/mol. The van der Waals surface area contributed by atoms with Gasteiger partial charge < -0.3 is 9.53 Å². The van der Waals surface area contributed by atoms with E-state index in [9.17, 15) is 9.59 Å². The summed E-state index contributed by atoms with van der Waals surface area (Å²) in [6, 6.07) is 0. The topological polar surface area (TPSA) is 43.4 Å². The van der Waals surface area contributed by atoms with Crippen molar-refractivity contribution in [1.29, 1.82) is 0 Å². The van der Waals surface area contributed by atoms with Crippen molar-refractivity contribution in [2.45, 2.75) is 148 Å². The van der Waals surface area contributed by atoms with Gasteiger partial charge in [0.1, 0.15) is 12.4 Å². The molecule has 0 aliphatic carbocycles. The van der Waals surface area contributed by atoms with Crippen molar-refractivity contribution in [3.05, 3.63) is 0 Å². The van der Waals surface area contributed by atoms with Gasteiger partial charge in [-0.3, -0.25) is 4.79 Å².